The van der Waals surface area contributed by atoms with Gasteiger partial charge < -0.3 is 5.32 Å². The summed E-state index contributed by atoms with van der Waals surface area (Å²) in [5.74, 6) is -0.643. The normalized spacial score (nSPS) is 18.3. The first-order valence-electron chi connectivity index (χ1n) is 8.29. The smallest absolute Gasteiger partial charge is 0.246 e. The Balaban J connectivity index is 1.80. The summed E-state index contributed by atoms with van der Waals surface area (Å²) < 4.78 is 28.0. The van der Waals surface area contributed by atoms with Crippen LogP contribution in [0.3, 0.4) is 0 Å². The van der Waals surface area contributed by atoms with Gasteiger partial charge >= 0.3 is 0 Å². The fraction of sp³-hybridized carbons (Fsp3) is 0.278. The number of carbonyl (C=O) groups excluding carboxylic acids is 1. The van der Waals surface area contributed by atoms with Gasteiger partial charge in [0.2, 0.25) is 15.9 Å². The van der Waals surface area contributed by atoms with E-state index in [1.165, 1.54) is 16.4 Å². The minimum absolute atomic E-state index is 0.0465. The molecule has 0 bridgehead atoms. The molecule has 1 saturated heterocycles. The lowest BCUT2D eigenvalue weighted by Crippen LogP contribution is -2.43. The Morgan fingerprint density at radius 2 is 1.78 bits per heavy atom. The minimum Gasteiger partial charge on any atom is -0.326 e. The lowest BCUT2D eigenvalue weighted by atomic mass is 9.99. The molecule has 1 atom stereocenters. The zero-order valence-corrected chi connectivity index (χ0v) is 18.1. The van der Waals surface area contributed by atoms with E-state index in [0.29, 0.717) is 29.5 Å². The average Bonchev–Trinajstić information content (AvgIpc) is 2.61. The van der Waals surface area contributed by atoms with Crippen LogP contribution < -0.4 is 5.32 Å². The Kier molecular flexibility index (Phi) is 6.48. The molecule has 2 aromatic rings. The highest BCUT2D eigenvalue weighted by Gasteiger charge is 2.35. The van der Waals surface area contributed by atoms with Crippen molar-refractivity contribution in [2.24, 2.45) is 5.92 Å². The van der Waals surface area contributed by atoms with Crippen molar-refractivity contribution in [1.82, 2.24) is 4.31 Å². The van der Waals surface area contributed by atoms with Gasteiger partial charge in [-0.3, -0.25) is 4.79 Å². The van der Waals surface area contributed by atoms with Gasteiger partial charge in [0.15, 0.2) is 0 Å². The number of hydrogen-bond donors (Lipinski definition) is 1. The SMILES string of the molecule is O=C(Nc1ccccc1)C1CCCN(S(=O)(=O)c2c(Cl)cc(Br)cc2Cl)C1. The van der Waals surface area contributed by atoms with Gasteiger partial charge in [0.1, 0.15) is 4.90 Å². The quantitative estimate of drug-likeness (QED) is 0.668. The zero-order valence-electron chi connectivity index (χ0n) is 14.2. The molecule has 1 heterocycles. The molecule has 0 radical (unpaired) electrons. The predicted molar refractivity (Wildman–Crippen MR) is 111 cm³/mol. The Morgan fingerprint density at radius 1 is 1.15 bits per heavy atom. The van der Waals surface area contributed by atoms with Crippen LogP contribution in [0.2, 0.25) is 10.0 Å². The first-order chi connectivity index (χ1) is 12.8. The van der Waals surface area contributed by atoms with E-state index in [0.717, 1.165) is 0 Å². The molecule has 1 aliphatic rings. The summed E-state index contributed by atoms with van der Waals surface area (Å²) in [5, 5.41) is 2.93. The second-order valence-corrected chi connectivity index (χ2v) is 9.86. The minimum atomic E-state index is -3.91. The van der Waals surface area contributed by atoms with Crippen LogP contribution in [-0.2, 0) is 14.8 Å². The van der Waals surface area contributed by atoms with Gasteiger partial charge in [-0.25, -0.2) is 8.42 Å². The van der Waals surface area contributed by atoms with Crippen LogP contribution >= 0.6 is 39.1 Å². The van der Waals surface area contributed by atoms with E-state index in [2.05, 4.69) is 21.2 Å². The van der Waals surface area contributed by atoms with Crippen molar-refractivity contribution in [2.75, 3.05) is 18.4 Å². The second-order valence-electron chi connectivity index (χ2n) is 6.26. The van der Waals surface area contributed by atoms with E-state index in [9.17, 15) is 13.2 Å². The fourth-order valence-corrected chi connectivity index (χ4v) is 6.45. The third-order valence-corrected chi connectivity index (χ3v) is 7.60. The summed E-state index contributed by atoms with van der Waals surface area (Å²) in [6.07, 6.45) is 1.20. The molecule has 1 fully saturated rings. The van der Waals surface area contributed by atoms with E-state index in [1.807, 2.05) is 18.2 Å². The van der Waals surface area contributed by atoms with Crippen molar-refractivity contribution in [2.45, 2.75) is 17.7 Å². The summed E-state index contributed by atoms with van der Waals surface area (Å²) in [5.41, 5.74) is 0.682. The number of rotatable bonds is 4. The molecule has 0 aromatic heterocycles. The number of para-hydroxylation sites is 1. The molecule has 2 aromatic carbocycles. The number of nitrogens with one attached hydrogen (secondary N) is 1. The number of halogens is 3. The molecule has 1 N–H and O–H groups in total. The number of nitrogens with zero attached hydrogens (tertiary/aromatic N) is 1. The molecule has 1 aliphatic heterocycles. The lowest BCUT2D eigenvalue weighted by molar-refractivity contribution is -0.120. The molecule has 1 amide bonds. The van der Waals surface area contributed by atoms with Gasteiger partial charge in [0.25, 0.3) is 0 Å². The maximum atomic E-state index is 13.1. The van der Waals surface area contributed by atoms with Gasteiger partial charge in [-0.05, 0) is 37.1 Å². The largest absolute Gasteiger partial charge is 0.326 e. The monoisotopic (exact) mass is 490 g/mol. The van der Waals surface area contributed by atoms with Crippen molar-refractivity contribution in [3.63, 3.8) is 0 Å². The van der Waals surface area contributed by atoms with Crippen LogP contribution in [0.25, 0.3) is 0 Å². The molecule has 0 aliphatic carbocycles. The first kappa shape index (κ1) is 20.6. The lowest BCUT2D eigenvalue weighted by Gasteiger charge is -2.31. The number of amides is 1. The molecule has 9 heteroatoms. The Labute approximate surface area is 176 Å². The van der Waals surface area contributed by atoms with Crippen LogP contribution in [0, 0.1) is 5.92 Å². The third-order valence-electron chi connectivity index (χ3n) is 4.36. The molecular weight excluding hydrogens is 475 g/mol. The zero-order chi connectivity index (χ0) is 19.6. The van der Waals surface area contributed by atoms with Gasteiger partial charge in [-0.15, -0.1) is 0 Å². The van der Waals surface area contributed by atoms with E-state index in [-0.39, 0.29) is 27.4 Å². The van der Waals surface area contributed by atoms with Gasteiger partial charge in [0.05, 0.1) is 16.0 Å². The van der Waals surface area contributed by atoms with Crippen LogP contribution in [0.4, 0.5) is 5.69 Å². The molecule has 0 spiro atoms. The molecular formula is C18H17BrCl2N2O3S. The third kappa shape index (κ3) is 4.66. The fourth-order valence-electron chi connectivity index (χ4n) is 3.05. The number of benzene rings is 2. The Bertz CT molecular complexity index is 931. The molecule has 3 rings (SSSR count). The predicted octanol–water partition coefficient (Wildman–Crippen LogP) is 4.80. The molecule has 144 valence electrons. The molecule has 0 saturated carbocycles. The molecule has 27 heavy (non-hydrogen) atoms. The number of piperidine rings is 1. The van der Waals surface area contributed by atoms with Crippen molar-refractivity contribution in [3.8, 4) is 0 Å². The van der Waals surface area contributed by atoms with Crippen LogP contribution in [0.5, 0.6) is 0 Å². The van der Waals surface area contributed by atoms with Gasteiger partial charge in [-0.1, -0.05) is 57.3 Å². The van der Waals surface area contributed by atoms with Crippen molar-refractivity contribution in [1.29, 1.82) is 0 Å². The second kappa shape index (κ2) is 8.49. The highest BCUT2D eigenvalue weighted by molar-refractivity contribution is 9.10. The Morgan fingerprint density at radius 3 is 2.41 bits per heavy atom. The number of carbonyl (C=O) groups is 1. The van der Waals surface area contributed by atoms with Crippen LogP contribution in [-0.4, -0.2) is 31.7 Å². The number of hydrogen-bond acceptors (Lipinski definition) is 3. The molecule has 5 nitrogen and oxygen atoms in total. The summed E-state index contributed by atoms with van der Waals surface area (Å²) in [6.45, 7) is 0.407. The van der Waals surface area contributed by atoms with Crippen molar-refractivity contribution >= 4 is 60.7 Å². The van der Waals surface area contributed by atoms with E-state index < -0.39 is 15.9 Å². The van der Waals surface area contributed by atoms with E-state index in [1.54, 1.807) is 12.1 Å². The van der Waals surface area contributed by atoms with Crippen LogP contribution in [0.15, 0.2) is 51.8 Å². The standard InChI is InChI=1S/C18H17BrCl2N2O3S/c19-13-9-15(20)17(16(21)10-13)27(25,26)23-8-4-5-12(11-23)18(24)22-14-6-2-1-3-7-14/h1-3,6-7,9-10,12H,4-5,8,11H2,(H,22,24). The maximum absolute atomic E-state index is 13.1. The summed E-state index contributed by atoms with van der Waals surface area (Å²) in [6, 6.07) is 12.1. The summed E-state index contributed by atoms with van der Waals surface area (Å²) in [7, 11) is -3.91. The highest BCUT2D eigenvalue weighted by Crippen LogP contribution is 2.36. The van der Waals surface area contributed by atoms with Crippen LogP contribution in [0.1, 0.15) is 12.8 Å². The maximum Gasteiger partial charge on any atom is 0.246 e. The number of sulfonamides is 1. The summed E-state index contributed by atoms with van der Waals surface area (Å²) in [4.78, 5) is 12.4. The van der Waals surface area contributed by atoms with Gasteiger partial charge in [0, 0.05) is 23.2 Å². The van der Waals surface area contributed by atoms with Gasteiger partial charge in [-0.2, -0.15) is 4.31 Å². The summed E-state index contributed by atoms with van der Waals surface area (Å²) >= 11 is 15.5. The first-order valence-corrected chi connectivity index (χ1v) is 11.3. The van der Waals surface area contributed by atoms with E-state index >= 15 is 0 Å². The average molecular weight is 492 g/mol. The van der Waals surface area contributed by atoms with Crippen molar-refractivity contribution < 1.29 is 13.2 Å². The highest BCUT2D eigenvalue weighted by atomic mass is 79.9. The topological polar surface area (TPSA) is 66.5 Å². The Hall–Kier alpha value is -1.12. The number of anilines is 1. The van der Waals surface area contributed by atoms with E-state index in [4.69, 9.17) is 23.2 Å². The van der Waals surface area contributed by atoms with Crippen molar-refractivity contribution in [3.05, 3.63) is 57.0 Å². The molecule has 1 unspecified atom stereocenters.